The Morgan fingerprint density at radius 2 is 2.12 bits per heavy atom. The maximum atomic E-state index is 13.4. The highest BCUT2D eigenvalue weighted by atomic mass is 19.1. The highest BCUT2D eigenvalue weighted by Crippen LogP contribution is 2.23. The minimum Gasteiger partial charge on any atom is -0.436 e. The van der Waals surface area contributed by atoms with Crippen LogP contribution in [0.4, 0.5) is 4.39 Å². The van der Waals surface area contributed by atoms with E-state index in [1.165, 1.54) is 6.07 Å². The number of halogens is 1. The summed E-state index contributed by atoms with van der Waals surface area (Å²) in [7, 11) is 0. The fourth-order valence-electron chi connectivity index (χ4n) is 1.34. The van der Waals surface area contributed by atoms with Gasteiger partial charge in [-0.2, -0.15) is 5.26 Å². The first-order chi connectivity index (χ1) is 8.19. The summed E-state index contributed by atoms with van der Waals surface area (Å²) in [6.07, 6.45) is 0. The van der Waals surface area contributed by atoms with E-state index in [4.69, 9.17) is 10.00 Å². The fourth-order valence-corrected chi connectivity index (χ4v) is 1.34. The van der Waals surface area contributed by atoms with E-state index in [9.17, 15) is 4.39 Å². The zero-order valence-electron chi connectivity index (χ0n) is 9.14. The molecule has 0 spiro atoms. The number of aromatic nitrogens is 1. The van der Waals surface area contributed by atoms with Gasteiger partial charge in [0.2, 0.25) is 5.88 Å². The van der Waals surface area contributed by atoms with Gasteiger partial charge in [-0.05, 0) is 30.7 Å². The van der Waals surface area contributed by atoms with E-state index in [-0.39, 0.29) is 17.3 Å². The largest absolute Gasteiger partial charge is 0.436 e. The number of rotatable bonds is 2. The monoisotopic (exact) mass is 228 g/mol. The summed E-state index contributed by atoms with van der Waals surface area (Å²) in [4.78, 5) is 3.91. The van der Waals surface area contributed by atoms with E-state index < -0.39 is 5.82 Å². The molecule has 17 heavy (non-hydrogen) atoms. The lowest BCUT2D eigenvalue weighted by Gasteiger charge is -2.06. The van der Waals surface area contributed by atoms with Crippen LogP contribution in [0.2, 0.25) is 0 Å². The molecule has 0 aliphatic carbocycles. The van der Waals surface area contributed by atoms with Crippen molar-refractivity contribution < 1.29 is 9.13 Å². The molecule has 0 aliphatic rings. The molecule has 1 aromatic carbocycles. The van der Waals surface area contributed by atoms with E-state index in [1.54, 1.807) is 30.3 Å². The van der Waals surface area contributed by atoms with Gasteiger partial charge >= 0.3 is 0 Å². The third-order valence-electron chi connectivity index (χ3n) is 2.14. The van der Waals surface area contributed by atoms with Crippen LogP contribution in [0.3, 0.4) is 0 Å². The van der Waals surface area contributed by atoms with Crippen LogP contribution in [0.25, 0.3) is 0 Å². The van der Waals surface area contributed by atoms with E-state index in [0.29, 0.717) is 0 Å². The molecule has 1 heterocycles. The smallest absolute Gasteiger partial charge is 0.220 e. The molecular weight excluding hydrogens is 219 g/mol. The second-order valence-electron chi connectivity index (χ2n) is 3.51. The van der Waals surface area contributed by atoms with Gasteiger partial charge in [-0.3, -0.25) is 0 Å². The van der Waals surface area contributed by atoms with Gasteiger partial charge in [-0.1, -0.05) is 12.1 Å². The molecule has 0 fully saturated rings. The van der Waals surface area contributed by atoms with E-state index >= 15 is 0 Å². The molecule has 0 bridgehead atoms. The fraction of sp³-hybridized carbons (Fsp3) is 0.0769. The van der Waals surface area contributed by atoms with Crippen LogP contribution in [0.15, 0.2) is 36.4 Å². The summed E-state index contributed by atoms with van der Waals surface area (Å²) in [5.74, 6) is -0.152. The van der Waals surface area contributed by atoms with Gasteiger partial charge in [-0.25, -0.2) is 9.37 Å². The second-order valence-corrected chi connectivity index (χ2v) is 3.51. The third kappa shape index (κ3) is 2.58. The Morgan fingerprint density at radius 3 is 2.88 bits per heavy atom. The average molecular weight is 228 g/mol. The van der Waals surface area contributed by atoms with Crippen molar-refractivity contribution in [3.63, 3.8) is 0 Å². The van der Waals surface area contributed by atoms with Crippen LogP contribution >= 0.6 is 0 Å². The van der Waals surface area contributed by atoms with Crippen LogP contribution in [-0.2, 0) is 0 Å². The number of aryl methyl sites for hydroxylation is 1. The minimum atomic E-state index is -0.459. The first-order valence-corrected chi connectivity index (χ1v) is 5.00. The summed E-state index contributed by atoms with van der Waals surface area (Å²) in [5, 5.41) is 8.68. The van der Waals surface area contributed by atoms with Crippen molar-refractivity contribution >= 4 is 0 Å². The number of nitrogens with zero attached hydrogens (tertiary/aromatic N) is 2. The standard InChI is InChI=1S/C13H9FN2O/c1-9-5-6-11(14)12(7-9)17-13-4-2-3-10(8-15)16-13/h2-7H,1H3. The first-order valence-electron chi connectivity index (χ1n) is 5.00. The van der Waals surface area contributed by atoms with Crippen LogP contribution in [0.1, 0.15) is 11.3 Å². The highest BCUT2D eigenvalue weighted by Gasteiger charge is 2.06. The molecule has 4 heteroatoms. The predicted molar refractivity (Wildman–Crippen MR) is 60.2 cm³/mol. The summed E-state index contributed by atoms with van der Waals surface area (Å²) in [6, 6.07) is 11.2. The molecular formula is C13H9FN2O. The summed E-state index contributed by atoms with van der Waals surface area (Å²) < 4.78 is 18.7. The van der Waals surface area contributed by atoms with Crippen molar-refractivity contribution in [3.05, 3.63) is 53.5 Å². The molecule has 0 saturated carbocycles. The van der Waals surface area contributed by atoms with Crippen LogP contribution < -0.4 is 4.74 Å². The molecule has 0 N–H and O–H groups in total. The van der Waals surface area contributed by atoms with Crippen molar-refractivity contribution in [1.29, 1.82) is 5.26 Å². The minimum absolute atomic E-state index is 0.104. The van der Waals surface area contributed by atoms with Crippen LogP contribution in [-0.4, -0.2) is 4.98 Å². The Hall–Kier alpha value is -2.41. The Kier molecular flexibility index (Phi) is 3.01. The van der Waals surface area contributed by atoms with Crippen molar-refractivity contribution in [3.8, 4) is 17.7 Å². The lowest BCUT2D eigenvalue weighted by Crippen LogP contribution is -1.92. The molecule has 0 aliphatic heterocycles. The van der Waals surface area contributed by atoms with Gasteiger partial charge in [0.05, 0.1) is 0 Å². The lowest BCUT2D eigenvalue weighted by molar-refractivity contribution is 0.426. The average Bonchev–Trinajstić information content (AvgIpc) is 2.34. The molecule has 3 nitrogen and oxygen atoms in total. The van der Waals surface area contributed by atoms with Gasteiger partial charge in [-0.15, -0.1) is 0 Å². The van der Waals surface area contributed by atoms with Crippen molar-refractivity contribution in [2.24, 2.45) is 0 Å². The maximum absolute atomic E-state index is 13.4. The predicted octanol–water partition coefficient (Wildman–Crippen LogP) is 3.19. The lowest BCUT2D eigenvalue weighted by atomic mass is 10.2. The molecule has 0 radical (unpaired) electrons. The third-order valence-corrected chi connectivity index (χ3v) is 2.14. The highest BCUT2D eigenvalue weighted by molar-refractivity contribution is 5.33. The van der Waals surface area contributed by atoms with Gasteiger partial charge in [0.15, 0.2) is 11.6 Å². The Balaban J connectivity index is 2.31. The Labute approximate surface area is 98.1 Å². The molecule has 0 atom stereocenters. The molecule has 0 saturated heterocycles. The normalized spacial score (nSPS) is 9.71. The van der Waals surface area contributed by atoms with Gasteiger partial charge in [0.1, 0.15) is 11.8 Å². The van der Waals surface area contributed by atoms with Crippen molar-refractivity contribution in [1.82, 2.24) is 4.98 Å². The zero-order chi connectivity index (χ0) is 12.3. The van der Waals surface area contributed by atoms with E-state index in [1.807, 2.05) is 13.0 Å². The van der Waals surface area contributed by atoms with E-state index in [2.05, 4.69) is 4.98 Å². The number of pyridine rings is 1. The SMILES string of the molecule is Cc1ccc(F)c(Oc2cccc(C#N)n2)c1. The van der Waals surface area contributed by atoms with Gasteiger partial charge in [0.25, 0.3) is 0 Å². The summed E-state index contributed by atoms with van der Waals surface area (Å²) in [6.45, 7) is 1.84. The van der Waals surface area contributed by atoms with Gasteiger partial charge < -0.3 is 4.74 Å². The molecule has 0 amide bonds. The molecule has 2 rings (SSSR count). The summed E-state index contributed by atoms with van der Waals surface area (Å²) in [5.41, 5.74) is 1.12. The number of nitriles is 1. The van der Waals surface area contributed by atoms with Gasteiger partial charge in [0, 0.05) is 6.07 Å². The zero-order valence-corrected chi connectivity index (χ0v) is 9.14. The second kappa shape index (κ2) is 4.62. The topological polar surface area (TPSA) is 45.9 Å². The number of benzene rings is 1. The maximum Gasteiger partial charge on any atom is 0.220 e. The molecule has 2 aromatic rings. The number of hydrogen-bond acceptors (Lipinski definition) is 3. The molecule has 1 aromatic heterocycles. The molecule has 84 valence electrons. The molecule has 0 unspecified atom stereocenters. The van der Waals surface area contributed by atoms with Crippen molar-refractivity contribution in [2.45, 2.75) is 6.92 Å². The quantitative estimate of drug-likeness (QED) is 0.792. The Morgan fingerprint density at radius 1 is 1.29 bits per heavy atom. The first kappa shape index (κ1) is 11.1. The number of hydrogen-bond donors (Lipinski definition) is 0. The number of ether oxygens (including phenoxy) is 1. The van der Waals surface area contributed by atoms with Crippen LogP contribution in [0, 0.1) is 24.1 Å². The Bertz CT molecular complexity index is 590. The van der Waals surface area contributed by atoms with E-state index in [0.717, 1.165) is 5.56 Å². The van der Waals surface area contributed by atoms with Crippen LogP contribution in [0.5, 0.6) is 11.6 Å². The van der Waals surface area contributed by atoms with Crippen molar-refractivity contribution in [2.75, 3.05) is 0 Å². The summed E-state index contributed by atoms with van der Waals surface area (Å²) >= 11 is 0.